The normalized spacial score (nSPS) is 17.0. The van der Waals surface area contributed by atoms with Crippen LogP contribution in [0, 0.1) is 5.92 Å². The predicted molar refractivity (Wildman–Crippen MR) is 131 cm³/mol. The van der Waals surface area contributed by atoms with Gasteiger partial charge in [-0.25, -0.2) is 9.97 Å². The number of primary amides is 1. The van der Waals surface area contributed by atoms with Gasteiger partial charge in [0.15, 0.2) is 5.69 Å². The second-order valence-electron chi connectivity index (χ2n) is 9.64. The minimum Gasteiger partial charge on any atom is -0.487 e. The van der Waals surface area contributed by atoms with Crippen molar-refractivity contribution in [2.75, 3.05) is 29.0 Å². The van der Waals surface area contributed by atoms with E-state index in [0.29, 0.717) is 43.0 Å². The lowest BCUT2D eigenvalue weighted by atomic mass is 9.95. The number of hydrogen-bond acceptors (Lipinski definition) is 8. The number of carbonyl (C=O) groups is 2. The minimum absolute atomic E-state index is 0.135. The van der Waals surface area contributed by atoms with Crippen molar-refractivity contribution in [2.24, 2.45) is 11.7 Å². The highest BCUT2D eigenvalue weighted by Crippen LogP contribution is 2.42. The number of aromatic nitrogens is 2. The van der Waals surface area contributed by atoms with Crippen LogP contribution in [0.4, 0.5) is 17.2 Å². The molecule has 1 saturated heterocycles. The number of nitrogens with zero attached hydrogens (tertiary/aromatic N) is 3. The SMILES string of the molecule is CC1(C)Cc2cc(NC(=O)c3coc(-c4ccnc(N)c4)n3)c(N3CCC(C(N)=O)CC3)cc2O1. The van der Waals surface area contributed by atoms with E-state index in [1.54, 1.807) is 18.3 Å². The lowest BCUT2D eigenvalue weighted by molar-refractivity contribution is -0.122. The molecule has 5 N–H and O–H groups in total. The Kier molecular flexibility index (Phi) is 5.58. The number of nitrogens with two attached hydrogens (primary N) is 2. The highest BCUT2D eigenvalue weighted by atomic mass is 16.5. The standard InChI is InChI=1S/C25H28N6O4/c1-25(2)12-16-9-17(19(11-20(16)35-25)31-7-4-14(5-8-31)22(27)32)29-23(33)18-13-34-24(30-18)15-3-6-28-21(26)10-15/h3,6,9-11,13-14H,4-5,7-8,12H2,1-2H3,(H2,26,28)(H2,27,32)(H,29,33). The molecule has 0 aliphatic carbocycles. The topological polar surface area (TPSA) is 150 Å². The fraction of sp³-hybridized carbons (Fsp3) is 0.360. The summed E-state index contributed by atoms with van der Waals surface area (Å²) in [6, 6.07) is 7.27. The quantitative estimate of drug-likeness (QED) is 0.509. The van der Waals surface area contributed by atoms with Gasteiger partial charge >= 0.3 is 0 Å². The van der Waals surface area contributed by atoms with Gasteiger partial charge in [0, 0.05) is 48.8 Å². The summed E-state index contributed by atoms with van der Waals surface area (Å²) in [6.45, 7) is 5.37. The number of ether oxygens (including phenoxy) is 1. The first-order valence-corrected chi connectivity index (χ1v) is 11.6. The smallest absolute Gasteiger partial charge is 0.277 e. The van der Waals surface area contributed by atoms with Gasteiger partial charge in [0.1, 0.15) is 23.4 Å². The van der Waals surface area contributed by atoms with E-state index in [0.717, 1.165) is 23.4 Å². The third-order valence-corrected chi connectivity index (χ3v) is 6.43. The van der Waals surface area contributed by atoms with Gasteiger partial charge in [0.2, 0.25) is 11.8 Å². The van der Waals surface area contributed by atoms with Crippen molar-refractivity contribution >= 4 is 29.0 Å². The van der Waals surface area contributed by atoms with Crippen LogP contribution >= 0.6 is 0 Å². The number of nitrogen functional groups attached to an aromatic ring is 1. The number of hydrogen-bond donors (Lipinski definition) is 3. The number of fused-ring (bicyclic) bond motifs is 1. The highest BCUT2D eigenvalue weighted by molar-refractivity contribution is 6.05. The number of piperidine rings is 1. The Labute approximate surface area is 202 Å². The summed E-state index contributed by atoms with van der Waals surface area (Å²) in [5.74, 6) is 0.619. The van der Waals surface area contributed by atoms with Crippen LogP contribution < -0.4 is 26.4 Å². The van der Waals surface area contributed by atoms with E-state index in [1.165, 1.54) is 6.26 Å². The Morgan fingerprint density at radius 3 is 2.69 bits per heavy atom. The monoisotopic (exact) mass is 476 g/mol. The first kappa shape index (κ1) is 22.7. The summed E-state index contributed by atoms with van der Waals surface area (Å²) in [6.07, 6.45) is 4.92. The molecule has 2 amide bonds. The van der Waals surface area contributed by atoms with Crippen LogP contribution in [0.5, 0.6) is 5.75 Å². The van der Waals surface area contributed by atoms with Crippen LogP contribution in [0.15, 0.2) is 41.1 Å². The lowest BCUT2D eigenvalue weighted by Crippen LogP contribution is -2.39. The molecule has 5 rings (SSSR count). The molecule has 1 fully saturated rings. The predicted octanol–water partition coefficient (Wildman–Crippen LogP) is 2.99. The molecule has 0 spiro atoms. The molecule has 0 radical (unpaired) electrons. The average Bonchev–Trinajstić information content (AvgIpc) is 3.42. The molecule has 0 unspecified atom stereocenters. The van der Waals surface area contributed by atoms with Crippen LogP contribution in [-0.2, 0) is 11.2 Å². The van der Waals surface area contributed by atoms with Crippen LogP contribution in [0.2, 0.25) is 0 Å². The largest absolute Gasteiger partial charge is 0.487 e. The minimum atomic E-state index is -0.395. The highest BCUT2D eigenvalue weighted by Gasteiger charge is 2.33. The van der Waals surface area contributed by atoms with Gasteiger partial charge in [-0.1, -0.05) is 0 Å². The van der Waals surface area contributed by atoms with Gasteiger partial charge in [-0.2, -0.15) is 0 Å². The number of rotatable bonds is 5. The fourth-order valence-electron chi connectivity index (χ4n) is 4.68. The fourth-order valence-corrected chi connectivity index (χ4v) is 4.68. The Morgan fingerprint density at radius 1 is 1.20 bits per heavy atom. The van der Waals surface area contributed by atoms with Gasteiger partial charge in [0.25, 0.3) is 5.91 Å². The number of amides is 2. The van der Waals surface area contributed by atoms with E-state index in [-0.39, 0.29) is 29.0 Å². The summed E-state index contributed by atoms with van der Waals surface area (Å²) in [5.41, 5.74) is 14.2. The second-order valence-corrected chi connectivity index (χ2v) is 9.64. The van der Waals surface area contributed by atoms with Crippen molar-refractivity contribution in [3.63, 3.8) is 0 Å². The second kappa shape index (κ2) is 8.61. The molecular formula is C25H28N6O4. The van der Waals surface area contributed by atoms with E-state index in [1.807, 2.05) is 26.0 Å². The number of benzene rings is 1. The zero-order chi connectivity index (χ0) is 24.7. The molecular weight excluding hydrogens is 448 g/mol. The van der Waals surface area contributed by atoms with Crippen molar-refractivity contribution in [3.8, 4) is 17.2 Å². The van der Waals surface area contributed by atoms with Crippen LogP contribution in [0.3, 0.4) is 0 Å². The van der Waals surface area contributed by atoms with Crippen LogP contribution in [-0.4, -0.2) is 40.5 Å². The maximum Gasteiger partial charge on any atom is 0.277 e. The van der Waals surface area contributed by atoms with Crippen LogP contribution in [0.25, 0.3) is 11.5 Å². The molecule has 2 aliphatic rings. The average molecular weight is 477 g/mol. The van der Waals surface area contributed by atoms with Crippen molar-refractivity contribution in [2.45, 2.75) is 38.7 Å². The maximum atomic E-state index is 13.1. The third kappa shape index (κ3) is 4.64. The molecule has 10 heteroatoms. The first-order chi connectivity index (χ1) is 16.7. The third-order valence-electron chi connectivity index (χ3n) is 6.43. The van der Waals surface area contributed by atoms with E-state index in [4.69, 9.17) is 20.6 Å². The molecule has 4 heterocycles. The lowest BCUT2D eigenvalue weighted by Gasteiger charge is -2.33. The summed E-state index contributed by atoms with van der Waals surface area (Å²) >= 11 is 0. The van der Waals surface area contributed by atoms with E-state index >= 15 is 0 Å². The van der Waals surface area contributed by atoms with Crippen molar-refractivity contribution in [3.05, 3.63) is 48.0 Å². The molecule has 3 aromatic rings. The molecule has 2 aliphatic heterocycles. The molecule has 2 aromatic heterocycles. The van der Waals surface area contributed by atoms with Gasteiger partial charge in [-0.3, -0.25) is 9.59 Å². The van der Waals surface area contributed by atoms with Crippen molar-refractivity contribution in [1.29, 1.82) is 0 Å². The zero-order valence-electron chi connectivity index (χ0n) is 19.7. The Bertz CT molecular complexity index is 1290. The molecule has 1 aromatic carbocycles. The Hall–Kier alpha value is -4.08. The number of nitrogens with one attached hydrogen (secondary N) is 1. The van der Waals surface area contributed by atoms with Crippen molar-refractivity contribution in [1.82, 2.24) is 9.97 Å². The van der Waals surface area contributed by atoms with E-state index < -0.39 is 5.91 Å². The molecule has 182 valence electrons. The van der Waals surface area contributed by atoms with Gasteiger partial charge in [-0.05, 0) is 44.9 Å². The zero-order valence-corrected chi connectivity index (χ0v) is 19.7. The van der Waals surface area contributed by atoms with Gasteiger partial charge in [0.05, 0.1) is 11.4 Å². The van der Waals surface area contributed by atoms with Crippen LogP contribution in [0.1, 0.15) is 42.7 Å². The summed E-state index contributed by atoms with van der Waals surface area (Å²) in [4.78, 5) is 35.2. The molecule has 0 bridgehead atoms. The molecule has 0 atom stereocenters. The first-order valence-electron chi connectivity index (χ1n) is 11.6. The summed E-state index contributed by atoms with van der Waals surface area (Å²) < 4.78 is 11.7. The molecule has 0 saturated carbocycles. The van der Waals surface area contributed by atoms with E-state index in [2.05, 4.69) is 20.2 Å². The summed E-state index contributed by atoms with van der Waals surface area (Å²) in [7, 11) is 0. The maximum absolute atomic E-state index is 13.1. The number of carbonyl (C=O) groups excluding carboxylic acids is 2. The Balaban J connectivity index is 1.42. The van der Waals surface area contributed by atoms with E-state index in [9.17, 15) is 9.59 Å². The molecule has 10 nitrogen and oxygen atoms in total. The van der Waals surface area contributed by atoms with Gasteiger partial charge in [-0.15, -0.1) is 0 Å². The molecule has 35 heavy (non-hydrogen) atoms. The van der Waals surface area contributed by atoms with Gasteiger partial charge < -0.3 is 30.8 Å². The number of pyridine rings is 1. The summed E-state index contributed by atoms with van der Waals surface area (Å²) in [5, 5.41) is 3.00. The number of oxazole rings is 1. The Morgan fingerprint density at radius 2 is 1.97 bits per heavy atom. The van der Waals surface area contributed by atoms with Crippen molar-refractivity contribution < 1.29 is 18.7 Å². The number of anilines is 3.